The molecule has 1 fully saturated rings. The lowest BCUT2D eigenvalue weighted by Crippen LogP contribution is -2.40. The molecule has 0 radical (unpaired) electrons. The highest BCUT2D eigenvalue weighted by atomic mass is 19.4. The van der Waals surface area contributed by atoms with Crippen molar-refractivity contribution in [1.82, 2.24) is 0 Å². The number of rotatable bonds is 4. The van der Waals surface area contributed by atoms with Crippen molar-refractivity contribution in [3.8, 4) is 0 Å². The fraction of sp³-hybridized carbons (Fsp3) is 0.909. The summed E-state index contributed by atoms with van der Waals surface area (Å²) in [5, 5.41) is 9.94. The Labute approximate surface area is 92.8 Å². The van der Waals surface area contributed by atoms with Crippen molar-refractivity contribution in [3.63, 3.8) is 0 Å². The molecule has 0 aliphatic heterocycles. The summed E-state index contributed by atoms with van der Waals surface area (Å²) in [7, 11) is 0. The smallest absolute Gasteiger partial charge is 0.382 e. The Kier molecular flexibility index (Phi) is 4.35. The van der Waals surface area contributed by atoms with Crippen LogP contribution in [-0.4, -0.2) is 22.7 Å². The fourth-order valence-electron chi connectivity index (χ4n) is 2.10. The second kappa shape index (κ2) is 5.17. The molecule has 0 bridgehead atoms. The molecule has 0 saturated heterocycles. The van der Waals surface area contributed by atoms with Crippen molar-refractivity contribution in [2.45, 2.75) is 63.1 Å². The summed E-state index contributed by atoms with van der Waals surface area (Å²) in [6, 6.07) is 0. The van der Waals surface area contributed by atoms with Crippen LogP contribution in [0.25, 0.3) is 0 Å². The van der Waals surface area contributed by atoms with E-state index in [9.17, 15) is 23.1 Å². The van der Waals surface area contributed by atoms with Crippen molar-refractivity contribution in [3.05, 3.63) is 0 Å². The average molecular weight is 238 g/mol. The Hall–Kier alpha value is -0.580. The summed E-state index contributed by atoms with van der Waals surface area (Å²) in [5.74, 6) is -0.420. The second-order valence-electron chi connectivity index (χ2n) is 4.48. The predicted octanol–water partition coefficient (Wildman–Crippen LogP) is 2.98. The van der Waals surface area contributed by atoms with Gasteiger partial charge in [0.25, 0.3) is 0 Å². The molecule has 1 saturated carbocycles. The van der Waals surface area contributed by atoms with E-state index in [-0.39, 0.29) is 12.8 Å². The first-order valence-corrected chi connectivity index (χ1v) is 5.66. The highest BCUT2D eigenvalue weighted by Crippen LogP contribution is 2.31. The van der Waals surface area contributed by atoms with Crippen LogP contribution in [0, 0.1) is 0 Å². The van der Waals surface area contributed by atoms with Gasteiger partial charge in [-0.25, -0.2) is 0 Å². The highest BCUT2D eigenvalue weighted by molar-refractivity contribution is 5.87. The third-order valence-electron chi connectivity index (χ3n) is 3.06. The van der Waals surface area contributed by atoms with Gasteiger partial charge in [-0.15, -0.1) is 0 Å². The van der Waals surface area contributed by atoms with Crippen LogP contribution in [0.2, 0.25) is 0 Å². The van der Waals surface area contributed by atoms with E-state index in [1.807, 2.05) is 0 Å². The molecule has 1 aliphatic rings. The number of alkyl halides is 3. The molecular weight excluding hydrogens is 221 g/mol. The highest BCUT2D eigenvalue weighted by Gasteiger charge is 2.36. The van der Waals surface area contributed by atoms with Crippen molar-refractivity contribution in [2.24, 2.45) is 0 Å². The van der Waals surface area contributed by atoms with Gasteiger partial charge in [-0.3, -0.25) is 4.79 Å². The molecule has 5 heteroatoms. The van der Waals surface area contributed by atoms with Gasteiger partial charge in [-0.05, 0) is 19.3 Å². The van der Waals surface area contributed by atoms with E-state index in [0.717, 1.165) is 19.3 Å². The van der Waals surface area contributed by atoms with Crippen LogP contribution in [0.4, 0.5) is 13.2 Å². The number of carbonyl (C=O) groups excluding carboxylic acids is 1. The number of halogens is 3. The van der Waals surface area contributed by atoms with Crippen LogP contribution >= 0.6 is 0 Å². The Balaban J connectivity index is 2.34. The molecule has 1 N–H and O–H groups in total. The van der Waals surface area contributed by atoms with E-state index in [1.165, 1.54) is 0 Å². The summed E-state index contributed by atoms with van der Waals surface area (Å²) >= 11 is 0. The molecule has 0 aromatic heterocycles. The van der Waals surface area contributed by atoms with Crippen molar-refractivity contribution in [1.29, 1.82) is 0 Å². The first-order chi connectivity index (χ1) is 7.33. The van der Waals surface area contributed by atoms with Gasteiger partial charge in [0.05, 0.1) is 0 Å². The molecule has 94 valence electrons. The third kappa shape index (κ3) is 4.12. The van der Waals surface area contributed by atoms with Crippen LogP contribution in [0.1, 0.15) is 51.4 Å². The van der Waals surface area contributed by atoms with Gasteiger partial charge in [0.1, 0.15) is 5.60 Å². The second-order valence-corrected chi connectivity index (χ2v) is 4.48. The predicted molar refractivity (Wildman–Crippen MR) is 52.9 cm³/mol. The maximum absolute atomic E-state index is 11.9. The number of hydrogen-bond acceptors (Lipinski definition) is 2. The number of aliphatic hydroxyl groups is 1. The number of ketones is 1. The van der Waals surface area contributed by atoms with Crippen LogP contribution in [0.5, 0.6) is 0 Å². The largest absolute Gasteiger partial charge is 0.389 e. The summed E-state index contributed by atoms with van der Waals surface area (Å²) in [6.45, 7) is 0. The van der Waals surface area contributed by atoms with Gasteiger partial charge in [0.2, 0.25) is 0 Å². The summed E-state index contributed by atoms with van der Waals surface area (Å²) in [5.41, 5.74) is -1.34. The Bertz CT molecular complexity index is 242. The molecular formula is C11H17F3O2. The Morgan fingerprint density at radius 2 is 1.75 bits per heavy atom. The monoisotopic (exact) mass is 238 g/mol. The zero-order valence-corrected chi connectivity index (χ0v) is 9.15. The average Bonchev–Trinajstić information content (AvgIpc) is 2.16. The van der Waals surface area contributed by atoms with Crippen LogP contribution in [0.15, 0.2) is 0 Å². The molecule has 0 spiro atoms. The van der Waals surface area contributed by atoms with Gasteiger partial charge in [-0.1, -0.05) is 19.3 Å². The van der Waals surface area contributed by atoms with Gasteiger partial charge in [0, 0.05) is 12.8 Å². The topological polar surface area (TPSA) is 37.3 Å². The molecule has 1 aliphatic carbocycles. The zero-order valence-electron chi connectivity index (χ0n) is 9.15. The Morgan fingerprint density at radius 1 is 1.19 bits per heavy atom. The van der Waals surface area contributed by atoms with Gasteiger partial charge in [-0.2, -0.15) is 13.2 Å². The van der Waals surface area contributed by atoms with E-state index in [4.69, 9.17) is 0 Å². The lowest BCUT2D eigenvalue weighted by atomic mass is 9.80. The number of carbonyl (C=O) groups is 1. The minimum absolute atomic E-state index is 0.171. The normalized spacial score (nSPS) is 20.8. The van der Waals surface area contributed by atoms with Gasteiger partial charge in [0.15, 0.2) is 5.78 Å². The zero-order chi connectivity index (χ0) is 12.2. The molecule has 0 amide bonds. The quantitative estimate of drug-likeness (QED) is 0.817. The first-order valence-electron chi connectivity index (χ1n) is 5.66. The Morgan fingerprint density at radius 3 is 2.25 bits per heavy atom. The molecule has 0 aromatic carbocycles. The molecule has 0 unspecified atom stereocenters. The lowest BCUT2D eigenvalue weighted by molar-refractivity contribution is -0.145. The molecule has 2 nitrogen and oxygen atoms in total. The maximum Gasteiger partial charge on any atom is 0.389 e. The fourth-order valence-corrected chi connectivity index (χ4v) is 2.10. The third-order valence-corrected chi connectivity index (χ3v) is 3.06. The van der Waals surface area contributed by atoms with Crippen LogP contribution in [0.3, 0.4) is 0 Å². The summed E-state index contributed by atoms with van der Waals surface area (Å²) < 4.78 is 35.6. The lowest BCUT2D eigenvalue weighted by Gasteiger charge is -2.30. The standard InChI is InChI=1S/C11H17F3O2/c12-11(13,14)8-4-5-9(15)10(16)6-2-1-3-7-10/h16H,1-8H2. The van der Waals surface area contributed by atoms with Crippen LogP contribution in [-0.2, 0) is 4.79 Å². The van der Waals surface area contributed by atoms with Gasteiger partial charge >= 0.3 is 6.18 Å². The van der Waals surface area contributed by atoms with Crippen molar-refractivity contribution >= 4 is 5.78 Å². The molecule has 1 rings (SSSR count). The van der Waals surface area contributed by atoms with E-state index in [2.05, 4.69) is 0 Å². The van der Waals surface area contributed by atoms with Crippen molar-refractivity contribution < 1.29 is 23.1 Å². The first kappa shape index (κ1) is 13.5. The molecule has 0 atom stereocenters. The van der Waals surface area contributed by atoms with Gasteiger partial charge < -0.3 is 5.11 Å². The van der Waals surface area contributed by atoms with E-state index in [1.54, 1.807) is 0 Å². The molecule has 0 heterocycles. The molecule has 0 aromatic rings. The van der Waals surface area contributed by atoms with E-state index in [0.29, 0.717) is 12.8 Å². The van der Waals surface area contributed by atoms with E-state index < -0.39 is 24.0 Å². The summed E-state index contributed by atoms with van der Waals surface area (Å²) in [4.78, 5) is 11.6. The number of hydrogen-bond donors (Lipinski definition) is 1. The number of Topliss-reactive ketones (excluding diaryl/α,β-unsaturated/α-hetero) is 1. The van der Waals surface area contributed by atoms with Crippen LogP contribution < -0.4 is 0 Å². The maximum atomic E-state index is 11.9. The van der Waals surface area contributed by atoms with Crippen molar-refractivity contribution in [2.75, 3.05) is 0 Å². The SMILES string of the molecule is O=C(CCCC(F)(F)F)C1(O)CCCCC1. The summed E-state index contributed by atoms with van der Waals surface area (Å²) in [6.07, 6.45) is -2.21. The minimum Gasteiger partial charge on any atom is -0.382 e. The minimum atomic E-state index is -4.21. The van der Waals surface area contributed by atoms with E-state index >= 15 is 0 Å². The molecule has 16 heavy (non-hydrogen) atoms.